The van der Waals surface area contributed by atoms with Crippen molar-refractivity contribution in [3.63, 3.8) is 0 Å². The van der Waals surface area contributed by atoms with Crippen LogP contribution in [0, 0.1) is 5.82 Å². The van der Waals surface area contributed by atoms with Crippen LogP contribution >= 0.6 is 27.5 Å². The highest BCUT2D eigenvalue weighted by molar-refractivity contribution is 9.10. The first-order valence-electron chi connectivity index (χ1n) is 5.52. The molecule has 1 nitrogen and oxygen atoms in total. The fourth-order valence-electron chi connectivity index (χ4n) is 1.81. The number of hydrogen-bond acceptors (Lipinski definition) is 1. The highest BCUT2D eigenvalue weighted by Crippen LogP contribution is 2.27. The summed E-state index contributed by atoms with van der Waals surface area (Å²) in [5.74, 6) is -0.282. The summed E-state index contributed by atoms with van der Waals surface area (Å²) in [7, 11) is 0. The molecule has 0 aliphatic rings. The molecule has 1 unspecified atom stereocenters. The summed E-state index contributed by atoms with van der Waals surface area (Å²) in [5, 5.41) is 0.700. The van der Waals surface area contributed by atoms with Crippen LogP contribution < -0.4 is 5.73 Å². The van der Waals surface area contributed by atoms with E-state index in [0.717, 1.165) is 11.1 Å². The van der Waals surface area contributed by atoms with Crippen molar-refractivity contribution in [2.45, 2.75) is 12.5 Å². The van der Waals surface area contributed by atoms with Gasteiger partial charge < -0.3 is 5.73 Å². The lowest BCUT2D eigenvalue weighted by atomic mass is 10.00. The molecule has 18 heavy (non-hydrogen) atoms. The average molecular weight is 329 g/mol. The lowest BCUT2D eigenvalue weighted by molar-refractivity contribution is 0.623. The molecule has 0 heterocycles. The maximum atomic E-state index is 13.0. The Morgan fingerprint density at radius 2 is 1.94 bits per heavy atom. The van der Waals surface area contributed by atoms with E-state index >= 15 is 0 Å². The van der Waals surface area contributed by atoms with Crippen LogP contribution in [-0.2, 0) is 6.42 Å². The lowest BCUT2D eigenvalue weighted by Gasteiger charge is -2.15. The second-order valence-electron chi connectivity index (χ2n) is 4.07. The van der Waals surface area contributed by atoms with E-state index in [1.807, 2.05) is 24.3 Å². The molecule has 4 heteroatoms. The van der Waals surface area contributed by atoms with E-state index in [4.69, 9.17) is 17.3 Å². The molecule has 94 valence electrons. The zero-order chi connectivity index (χ0) is 13.1. The highest BCUT2D eigenvalue weighted by atomic mass is 79.9. The molecule has 0 saturated carbocycles. The van der Waals surface area contributed by atoms with E-state index in [9.17, 15) is 4.39 Å². The number of nitrogens with two attached hydrogens (primary N) is 1. The summed E-state index contributed by atoms with van der Waals surface area (Å²) < 4.78 is 13.7. The van der Waals surface area contributed by atoms with Gasteiger partial charge in [-0.15, -0.1) is 0 Å². The normalized spacial score (nSPS) is 12.4. The predicted molar refractivity (Wildman–Crippen MR) is 76.2 cm³/mol. The van der Waals surface area contributed by atoms with Crippen LogP contribution in [0.5, 0.6) is 0 Å². The van der Waals surface area contributed by atoms with Gasteiger partial charge in [0.25, 0.3) is 0 Å². The van der Waals surface area contributed by atoms with Crippen LogP contribution in [-0.4, -0.2) is 0 Å². The van der Waals surface area contributed by atoms with Gasteiger partial charge in [0.15, 0.2) is 0 Å². The maximum Gasteiger partial charge on any atom is 0.124 e. The number of benzene rings is 2. The second-order valence-corrected chi connectivity index (χ2v) is 5.33. The van der Waals surface area contributed by atoms with Gasteiger partial charge in [0.05, 0.1) is 0 Å². The van der Waals surface area contributed by atoms with Crippen molar-refractivity contribution in [1.82, 2.24) is 0 Å². The Morgan fingerprint density at radius 1 is 1.22 bits per heavy atom. The summed E-state index contributed by atoms with van der Waals surface area (Å²) in [6, 6.07) is 11.9. The standard InChI is InChI=1S/C14H12BrClFN/c15-12-8-10(17)5-6-11(12)14(18)7-9-3-1-2-4-13(9)16/h1-6,8,14H,7,18H2. The molecule has 0 radical (unpaired) electrons. The minimum Gasteiger partial charge on any atom is -0.324 e. The van der Waals surface area contributed by atoms with Crippen LogP contribution in [0.1, 0.15) is 17.2 Å². The van der Waals surface area contributed by atoms with E-state index in [1.54, 1.807) is 6.07 Å². The molecular weight excluding hydrogens is 317 g/mol. The fourth-order valence-corrected chi connectivity index (χ4v) is 2.67. The monoisotopic (exact) mass is 327 g/mol. The maximum absolute atomic E-state index is 13.0. The first-order chi connectivity index (χ1) is 8.58. The van der Waals surface area contributed by atoms with Crippen molar-refractivity contribution < 1.29 is 4.39 Å². The molecule has 0 aliphatic carbocycles. The molecule has 0 aliphatic heterocycles. The average Bonchev–Trinajstić information content (AvgIpc) is 2.32. The molecule has 0 saturated heterocycles. The first-order valence-corrected chi connectivity index (χ1v) is 6.69. The van der Waals surface area contributed by atoms with Crippen molar-refractivity contribution >= 4 is 27.5 Å². The van der Waals surface area contributed by atoms with Crippen LogP contribution in [0.25, 0.3) is 0 Å². The summed E-state index contributed by atoms with van der Waals surface area (Å²) in [4.78, 5) is 0. The Labute approximate surface area is 119 Å². The Kier molecular flexibility index (Phi) is 4.38. The Bertz CT molecular complexity index is 559. The summed E-state index contributed by atoms with van der Waals surface area (Å²) in [6.07, 6.45) is 0.615. The third-order valence-corrected chi connectivity index (χ3v) is 3.82. The summed E-state index contributed by atoms with van der Waals surface area (Å²) >= 11 is 9.42. The number of halogens is 3. The van der Waals surface area contributed by atoms with E-state index in [2.05, 4.69) is 15.9 Å². The molecule has 2 rings (SSSR count). The first kappa shape index (κ1) is 13.5. The van der Waals surface area contributed by atoms with Crippen molar-refractivity contribution in [1.29, 1.82) is 0 Å². The van der Waals surface area contributed by atoms with Gasteiger partial charge in [0.1, 0.15) is 5.82 Å². The molecule has 0 fully saturated rings. The molecule has 1 atom stereocenters. The van der Waals surface area contributed by atoms with Gasteiger partial charge in [-0.05, 0) is 35.7 Å². The van der Waals surface area contributed by atoms with Gasteiger partial charge in [0.2, 0.25) is 0 Å². The molecule has 0 bridgehead atoms. The Morgan fingerprint density at radius 3 is 2.61 bits per heavy atom. The van der Waals surface area contributed by atoms with Gasteiger partial charge in [-0.25, -0.2) is 4.39 Å². The van der Waals surface area contributed by atoms with E-state index in [0.29, 0.717) is 15.9 Å². The fraction of sp³-hybridized carbons (Fsp3) is 0.143. The van der Waals surface area contributed by atoms with Crippen molar-refractivity contribution in [2.24, 2.45) is 5.73 Å². The molecule has 0 amide bonds. The molecule has 0 aromatic heterocycles. The smallest absolute Gasteiger partial charge is 0.124 e. The Hall–Kier alpha value is -0.900. The molecule has 0 spiro atoms. The van der Waals surface area contributed by atoms with Crippen LogP contribution in [0.4, 0.5) is 4.39 Å². The number of hydrogen-bond donors (Lipinski definition) is 1. The molecule has 2 aromatic carbocycles. The van der Waals surface area contributed by atoms with Gasteiger partial charge in [-0.1, -0.05) is 51.8 Å². The van der Waals surface area contributed by atoms with Gasteiger partial charge in [-0.3, -0.25) is 0 Å². The zero-order valence-corrected chi connectivity index (χ0v) is 11.9. The topological polar surface area (TPSA) is 26.0 Å². The third-order valence-electron chi connectivity index (χ3n) is 2.76. The van der Waals surface area contributed by atoms with Crippen LogP contribution in [0.2, 0.25) is 5.02 Å². The third kappa shape index (κ3) is 3.10. The largest absolute Gasteiger partial charge is 0.324 e. The Balaban J connectivity index is 2.22. The summed E-state index contributed by atoms with van der Waals surface area (Å²) in [5.41, 5.74) is 8.00. The number of rotatable bonds is 3. The summed E-state index contributed by atoms with van der Waals surface area (Å²) in [6.45, 7) is 0. The predicted octanol–water partition coefficient (Wildman–Crippen LogP) is 4.48. The van der Waals surface area contributed by atoms with Crippen LogP contribution in [0.15, 0.2) is 46.9 Å². The molecular formula is C14H12BrClFN. The molecule has 2 N–H and O–H groups in total. The van der Waals surface area contributed by atoms with Gasteiger partial charge >= 0.3 is 0 Å². The van der Waals surface area contributed by atoms with Crippen molar-refractivity contribution in [3.05, 3.63) is 68.9 Å². The van der Waals surface area contributed by atoms with Crippen LogP contribution in [0.3, 0.4) is 0 Å². The van der Waals surface area contributed by atoms with Crippen molar-refractivity contribution in [3.8, 4) is 0 Å². The van der Waals surface area contributed by atoms with E-state index < -0.39 is 0 Å². The lowest BCUT2D eigenvalue weighted by Crippen LogP contribution is -2.14. The van der Waals surface area contributed by atoms with E-state index in [-0.39, 0.29) is 11.9 Å². The van der Waals surface area contributed by atoms with Crippen molar-refractivity contribution in [2.75, 3.05) is 0 Å². The van der Waals surface area contributed by atoms with Gasteiger partial charge in [0, 0.05) is 15.5 Å². The van der Waals surface area contributed by atoms with Gasteiger partial charge in [-0.2, -0.15) is 0 Å². The SMILES string of the molecule is NC(Cc1ccccc1Cl)c1ccc(F)cc1Br. The minimum absolute atomic E-state index is 0.222. The zero-order valence-electron chi connectivity index (χ0n) is 9.54. The highest BCUT2D eigenvalue weighted by Gasteiger charge is 2.12. The molecule has 2 aromatic rings. The quantitative estimate of drug-likeness (QED) is 0.883. The van der Waals surface area contributed by atoms with E-state index in [1.165, 1.54) is 12.1 Å². The second kappa shape index (κ2) is 5.83. The minimum atomic E-state index is -0.282.